The van der Waals surface area contributed by atoms with Crippen LogP contribution in [0.25, 0.3) is 0 Å². The van der Waals surface area contributed by atoms with Crippen molar-refractivity contribution in [2.75, 3.05) is 0 Å². The first-order valence-corrected chi connectivity index (χ1v) is 5.67. The molecule has 0 fully saturated rings. The Morgan fingerprint density at radius 1 is 1.00 bits per heavy atom. The number of alkyl halides is 1. The van der Waals surface area contributed by atoms with Crippen molar-refractivity contribution in [3.63, 3.8) is 0 Å². The molecule has 0 saturated carbocycles. The van der Waals surface area contributed by atoms with E-state index in [1.54, 1.807) is 30.3 Å². The van der Waals surface area contributed by atoms with Crippen molar-refractivity contribution in [1.82, 2.24) is 0 Å². The molecule has 2 rings (SSSR count). The molecule has 92 valence electrons. The van der Waals surface area contributed by atoms with Crippen molar-refractivity contribution in [2.45, 2.75) is 12.8 Å². The minimum absolute atomic E-state index is 0.0902. The predicted octanol–water partition coefficient (Wildman–Crippen LogP) is 3.44. The summed E-state index contributed by atoms with van der Waals surface area (Å²) < 4.78 is 18.7. The largest absolute Gasteiger partial charge is 0.458 e. The average Bonchev–Trinajstić information content (AvgIpc) is 2.46. The van der Waals surface area contributed by atoms with E-state index in [2.05, 4.69) is 0 Å². The molecule has 2 aromatic rings. The molecule has 0 saturated heterocycles. The number of carbonyl (C=O) groups is 1. The Kier molecular flexibility index (Phi) is 4.07. The molecule has 0 aliphatic heterocycles. The van der Waals surface area contributed by atoms with Gasteiger partial charge < -0.3 is 4.74 Å². The Labute approximate surface area is 105 Å². The molecule has 3 heteroatoms. The van der Waals surface area contributed by atoms with Gasteiger partial charge in [0, 0.05) is 0 Å². The average molecular weight is 244 g/mol. The number of halogens is 1. The monoisotopic (exact) mass is 244 g/mol. The third kappa shape index (κ3) is 3.17. The maximum atomic E-state index is 13.8. The molecule has 0 N–H and O–H groups in total. The fourth-order valence-electron chi connectivity index (χ4n) is 1.56. The van der Waals surface area contributed by atoms with Crippen LogP contribution < -0.4 is 0 Å². The lowest BCUT2D eigenvalue weighted by atomic mass is 10.1. The third-order valence-corrected chi connectivity index (χ3v) is 2.52. The Balaban J connectivity index is 1.93. The summed E-state index contributed by atoms with van der Waals surface area (Å²) >= 11 is 0. The van der Waals surface area contributed by atoms with E-state index in [1.807, 2.05) is 30.3 Å². The highest BCUT2D eigenvalue weighted by Crippen LogP contribution is 2.19. The number of hydrogen-bond donors (Lipinski definition) is 0. The van der Waals surface area contributed by atoms with Crippen molar-refractivity contribution >= 4 is 5.97 Å². The van der Waals surface area contributed by atoms with Crippen molar-refractivity contribution in [3.8, 4) is 0 Å². The third-order valence-electron chi connectivity index (χ3n) is 2.52. The minimum Gasteiger partial charge on any atom is -0.458 e. The van der Waals surface area contributed by atoms with Gasteiger partial charge in [-0.2, -0.15) is 0 Å². The lowest BCUT2D eigenvalue weighted by molar-refractivity contribution is -0.151. The highest BCUT2D eigenvalue weighted by molar-refractivity contribution is 5.76. The Morgan fingerprint density at radius 2 is 1.56 bits per heavy atom. The van der Waals surface area contributed by atoms with Gasteiger partial charge in [-0.3, -0.25) is 0 Å². The second-order valence-corrected chi connectivity index (χ2v) is 3.87. The topological polar surface area (TPSA) is 26.3 Å². The van der Waals surface area contributed by atoms with Crippen LogP contribution in [0.15, 0.2) is 60.7 Å². The quantitative estimate of drug-likeness (QED) is 0.770. The molecule has 1 unspecified atom stereocenters. The first kappa shape index (κ1) is 12.3. The second kappa shape index (κ2) is 5.96. The predicted molar refractivity (Wildman–Crippen MR) is 66.5 cm³/mol. The van der Waals surface area contributed by atoms with Crippen molar-refractivity contribution in [1.29, 1.82) is 0 Å². The first-order valence-electron chi connectivity index (χ1n) is 5.67. The molecule has 0 radical (unpaired) electrons. The van der Waals surface area contributed by atoms with E-state index in [0.29, 0.717) is 5.56 Å². The highest BCUT2D eigenvalue weighted by Gasteiger charge is 2.20. The summed E-state index contributed by atoms with van der Waals surface area (Å²) in [6.07, 6.45) is -1.73. The molecule has 0 aliphatic carbocycles. The number of esters is 1. The number of carbonyl (C=O) groups excluding carboxylic acids is 1. The zero-order valence-electron chi connectivity index (χ0n) is 9.75. The lowest BCUT2D eigenvalue weighted by Crippen LogP contribution is -2.12. The molecule has 2 nitrogen and oxygen atoms in total. The fourth-order valence-corrected chi connectivity index (χ4v) is 1.56. The van der Waals surface area contributed by atoms with Crippen LogP contribution in [-0.4, -0.2) is 5.97 Å². The zero-order chi connectivity index (χ0) is 12.8. The van der Waals surface area contributed by atoms with Crippen LogP contribution in [-0.2, 0) is 16.1 Å². The second-order valence-electron chi connectivity index (χ2n) is 3.87. The summed E-state index contributed by atoms with van der Waals surface area (Å²) in [7, 11) is 0. The summed E-state index contributed by atoms with van der Waals surface area (Å²) in [6.45, 7) is 0.0902. The molecular formula is C15H13FO2. The molecule has 1 atom stereocenters. The van der Waals surface area contributed by atoms with Gasteiger partial charge >= 0.3 is 5.97 Å². The van der Waals surface area contributed by atoms with E-state index >= 15 is 0 Å². The van der Waals surface area contributed by atoms with Crippen molar-refractivity contribution in [2.24, 2.45) is 0 Å². The van der Waals surface area contributed by atoms with Crippen LogP contribution in [0.1, 0.15) is 17.3 Å². The van der Waals surface area contributed by atoms with Crippen LogP contribution in [0.5, 0.6) is 0 Å². The molecular weight excluding hydrogens is 231 g/mol. The summed E-state index contributed by atoms with van der Waals surface area (Å²) in [5.74, 6) is -0.856. The molecule has 0 bridgehead atoms. The smallest absolute Gasteiger partial charge is 0.345 e. The number of benzene rings is 2. The van der Waals surface area contributed by atoms with Gasteiger partial charge in [-0.25, -0.2) is 9.18 Å². The summed E-state index contributed by atoms with van der Waals surface area (Å²) in [4.78, 5) is 11.5. The van der Waals surface area contributed by atoms with Crippen LogP contribution in [0.3, 0.4) is 0 Å². The van der Waals surface area contributed by atoms with Gasteiger partial charge in [0.25, 0.3) is 0 Å². The zero-order valence-corrected chi connectivity index (χ0v) is 9.75. The van der Waals surface area contributed by atoms with E-state index in [0.717, 1.165) is 5.56 Å². The molecule has 0 spiro atoms. The van der Waals surface area contributed by atoms with Gasteiger partial charge in [0.05, 0.1) is 0 Å². The van der Waals surface area contributed by atoms with Crippen LogP contribution in [0.4, 0.5) is 4.39 Å². The minimum atomic E-state index is -1.73. The van der Waals surface area contributed by atoms with Crippen LogP contribution in [0, 0.1) is 0 Å². The molecule has 0 aromatic heterocycles. The van der Waals surface area contributed by atoms with Gasteiger partial charge in [-0.1, -0.05) is 60.7 Å². The van der Waals surface area contributed by atoms with Crippen LogP contribution in [0.2, 0.25) is 0 Å². The van der Waals surface area contributed by atoms with Crippen LogP contribution >= 0.6 is 0 Å². The Bertz CT molecular complexity index is 496. The normalized spacial score (nSPS) is 11.8. The maximum absolute atomic E-state index is 13.8. The SMILES string of the molecule is O=C(OCc1ccccc1)C(F)c1ccccc1. The van der Waals surface area contributed by atoms with E-state index in [1.165, 1.54) is 0 Å². The van der Waals surface area contributed by atoms with E-state index in [4.69, 9.17) is 4.74 Å². The molecule has 18 heavy (non-hydrogen) atoms. The molecule has 2 aromatic carbocycles. The van der Waals surface area contributed by atoms with E-state index < -0.39 is 12.1 Å². The number of ether oxygens (including phenoxy) is 1. The summed E-state index contributed by atoms with van der Waals surface area (Å²) in [5, 5.41) is 0. The van der Waals surface area contributed by atoms with Crippen molar-refractivity contribution in [3.05, 3.63) is 71.8 Å². The Hall–Kier alpha value is -2.16. The van der Waals surface area contributed by atoms with E-state index in [9.17, 15) is 9.18 Å². The van der Waals surface area contributed by atoms with Gasteiger partial charge in [0.1, 0.15) is 6.61 Å². The van der Waals surface area contributed by atoms with Gasteiger partial charge in [-0.05, 0) is 11.1 Å². The fraction of sp³-hybridized carbons (Fsp3) is 0.133. The maximum Gasteiger partial charge on any atom is 0.345 e. The molecule has 0 aliphatic rings. The standard InChI is InChI=1S/C15H13FO2/c16-14(13-9-5-2-6-10-13)15(17)18-11-12-7-3-1-4-8-12/h1-10,14H,11H2. The van der Waals surface area contributed by atoms with Gasteiger partial charge in [0.2, 0.25) is 6.17 Å². The van der Waals surface area contributed by atoms with Gasteiger partial charge in [0.15, 0.2) is 0 Å². The molecule has 0 heterocycles. The van der Waals surface area contributed by atoms with Crippen molar-refractivity contribution < 1.29 is 13.9 Å². The lowest BCUT2D eigenvalue weighted by Gasteiger charge is -2.09. The summed E-state index contributed by atoms with van der Waals surface area (Å²) in [6, 6.07) is 17.5. The van der Waals surface area contributed by atoms with E-state index in [-0.39, 0.29) is 6.61 Å². The number of hydrogen-bond acceptors (Lipinski definition) is 2. The highest BCUT2D eigenvalue weighted by atomic mass is 19.1. The summed E-state index contributed by atoms with van der Waals surface area (Å²) in [5.41, 5.74) is 1.15. The Morgan fingerprint density at radius 3 is 2.17 bits per heavy atom. The number of rotatable bonds is 4. The van der Waals surface area contributed by atoms with Gasteiger partial charge in [-0.15, -0.1) is 0 Å². The first-order chi connectivity index (χ1) is 8.77. The molecule has 0 amide bonds.